The lowest BCUT2D eigenvalue weighted by atomic mass is 10.2. The second-order valence-electron chi connectivity index (χ2n) is 3.90. The predicted octanol–water partition coefficient (Wildman–Crippen LogP) is 4.47. The molecule has 2 aromatic carbocycles. The van der Waals surface area contributed by atoms with Gasteiger partial charge in [-0.1, -0.05) is 48.0 Å². The summed E-state index contributed by atoms with van der Waals surface area (Å²) in [5.41, 5.74) is 3.19. The molecule has 0 aliphatic carbocycles. The van der Waals surface area contributed by atoms with Crippen molar-refractivity contribution in [1.82, 2.24) is 0 Å². The molecule has 2 heteroatoms. The van der Waals surface area contributed by atoms with E-state index >= 15 is 0 Å². The van der Waals surface area contributed by atoms with Crippen LogP contribution in [0.3, 0.4) is 0 Å². The number of benzene rings is 2. The predicted molar refractivity (Wildman–Crippen MR) is 76.2 cm³/mol. The maximum Gasteiger partial charge on any atom is 0.0999 e. The SMILES string of the molecule is Cc1ccc(N=C=N/C=C/c2ccccc2)cc1. The number of hydrogen-bond donors (Lipinski definition) is 0. The normalized spacial score (nSPS) is 10.1. The average molecular weight is 234 g/mol. The summed E-state index contributed by atoms with van der Waals surface area (Å²) in [6.07, 6.45) is 3.60. The number of aliphatic imine (C=N–C) groups is 2. The maximum absolute atomic E-state index is 4.11. The van der Waals surface area contributed by atoms with Crippen LogP contribution in [0.25, 0.3) is 6.08 Å². The minimum Gasteiger partial charge on any atom is -0.195 e. The third-order valence-corrected chi connectivity index (χ3v) is 2.41. The Bertz CT molecular complexity index is 574. The first kappa shape index (κ1) is 12.0. The molecule has 0 unspecified atom stereocenters. The molecule has 0 fully saturated rings. The van der Waals surface area contributed by atoms with Gasteiger partial charge in [-0.2, -0.15) is 9.98 Å². The first-order valence-corrected chi connectivity index (χ1v) is 5.78. The van der Waals surface area contributed by atoms with Crippen LogP contribution in [0.5, 0.6) is 0 Å². The second kappa shape index (κ2) is 6.33. The second-order valence-corrected chi connectivity index (χ2v) is 3.90. The van der Waals surface area contributed by atoms with Gasteiger partial charge >= 0.3 is 0 Å². The highest BCUT2D eigenvalue weighted by atomic mass is 14.8. The van der Waals surface area contributed by atoms with Crippen molar-refractivity contribution in [2.24, 2.45) is 9.98 Å². The van der Waals surface area contributed by atoms with Crippen LogP contribution in [-0.4, -0.2) is 6.01 Å². The van der Waals surface area contributed by atoms with E-state index in [1.807, 2.05) is 67.6 Å². The van der Waals surface area contributed by atoms with E-state index in [9.17, 15) is 0 Å². The molecule has 0 N–H and O–H groups in total. The van der Waals surface area contributed by atoms with Gasteiger partial charge in [0.15, 0.2) is 0 Å². The Labute approximate surface area is 107 Å². The van der Waals surface area contributed by atoms with Crippen molar-refractivity contribution in [2.45, 2.75) is 6.92 Å². The monoisotopic (exact) mass is 234 g/mol. The van der Waals surface area contributed by atoms with Gasteiger partial charge in [0, 0.05) is 6.20 Å². The van der Waals surface area contributed by atoms with Crippen LogP contribution in [-0.2, 0) is 0 Å². The lowest BCUT2D eigenvalue weighted by Crippen LogP contribution is -1.68. The minimum atomic E-state index is 0.859. The van der Waals surface area contributed by atoms with E-state index in [4.69, 9.17) is 0 Å². The molecule has 0 aliphatic rings. The summed E-state index contributed by atoms with van der Waals surface area (Å²) in [4.78, 5) is 8.10. The lowest BCUT2D eigenvalue weighted by molar-refractivity contribution is 1.43. The van der Waals surface area contributed by atoms with Gasteiger partial charge in [-0.15, -0.1) is 0 Å². The number of aryl methyl sites for hydroxylation is 1. The molecule has 0 amide bonds. The van der Waals surface area contributed by atoms with Gasteiger partial charge in [-0.25, -0.2) is 0 Å². The van der Waals surface area contributed by atoms with E-state index in [0.717, 1.165) is 11.3 Å². The first-order valence-electron chi connectivity index (χ1n) is 5.78. The smallest absolute Gasteiger partial charge is 0.0999 e. The van der Waals surface area contributed by atoms with Crippen molar-refractivity contribution in [1.29, 1.82) is 0 Å². The van der Waals surface area contributed by atoms with Gasteiger partial charge in [0.05, 0.1) is 11.7 Å². The van der Waals surface area contributed by atoms with Crippen LogP contribution in [0.4, 0.5) is 5.69 Å². The summed E-state index contributed by atoms with van der Waals surface area (Å²) in [6, 6.07) is 20.6. The molecule has 18 heavy (non-hydrogen) atoms. The van der Waals surface area contributed by atoms with Crippen molar-refractivity contribution >= 4 is 17.8 Å². The molecular formula is C16H14N2. The van der Waals surface area contributed by atoms with Gasteiger partial charge in [0.25, 0.3) is 0 Å². The standard InChI is InChI=1S/C16H14N2/c1-14-7-9-16(10-8-14)18-13-17-12-11-15-5-3-2-4-6-15/h2-12H,1H3/b12-11+. The molecule has 0 atom stereocenters. The van der Waals surface area contributed by atoms with E-state index in [1.165, 1.54) is 5.56 Å². The van der Waals surface area contributed by atoms with Crippen LogP contribution in [0.2, 0.25) is 0 Å². The van der Waals surface area contributed by atoms with Gasteiger partial charge in [0.2, 0.25) is 0 Å². The highest BCUT2D eigenvalue weighted by Gasteiger charge is 1.85. The van der Waals surface area contributed by atoms with Crippen LogP contribution in [0, 0.1) is 6.92 Å². The van der Waals surface area contributed by atoms with Crippen LogP contribution >= 0.6 is 0 Å². The van der Waals surface area contributed by atoms with E-state index in [1.54, 1.807) is 6.20 Å². The number of rotatable bonds is 3. The first-order chi connectivity index (χ1) is 8.84. The summed E-state index contributed by atoms with van der Waals surface area (Å²) in [5.74, 6) is 0. The van der Waals surface area contributed by atoms with Crippen LogP contribution in [0.1, 0.15) is 11.1 Å². The molecule has 2 nitrogen and oxygen atoms in total. The summed E-state index contributed by atoms with van der Waals surface area (Å²) in [7, 11) is 0. The van der Waals surface area contributed by atoms with Gasteiger partial charge < -0.3 is 0 Å². The summed E-state index contributed by atoms with van der Waals surface area (Å²) in [6.45, 7) is 2.05. The van der Waals surface area contributed by atoms with Crippen LogP contribution < -0.4 is 0 Å². The Balaban J connectivity index is 1.99. The van der Waals surface area contributed by atoms with Crippen LogP contribution in [0.15, 0.2) is 70.8 Å². The zero-order valence-corrected chi connectivity index (χ0v) is 10.2. The van der Waals surface area contributed by atoms with Crippen molar-refractivity contribution in [3.63, 3.8) is 0 Å². The fourth-order valence-corrected chi connectivity index (χ4v) is 1.43. The minimum absolute atomic E-state index is 0.859. The third-order valence-electron chi connectivity index (χ3n) is 2.41. The van der Waals surface area contributed by atoms with E-state index in [0.29, 0.717) is 0 Å². The third kappa shape index (κ3) is 3.85. The summed E-state index contributed by atoms with van der Waals surface area (Å²) < 4.78 is 0. The molecule has 0 saturated carbocycles. The quantitative estimate of drug-likeness (QED) is 0.700. The molecule has 0 radical (unpaired) electrons. The van der Waals surface area contributed by atoms with E-state index in [2.05, 4.69) is 16.0 Å². The maximum atomic E-state index is 4.11. The molecule has 0 heterocycles. The Morgan fingerprint density at radius 2 is 1.67 bits per heavy atom. The summed E-state index contributed by atoms with van der Waals surface area (Å²) >= 11 is 0. The highest BCUT2D eigenvalue weighted by Crippen LogP contribution is 2.10. The molecule has 0 aromatic heterocycles. The van der Waals surface area contributed by atoms with Crippen molar-refractivity contribution < 1.29 is 0 Å². The number of hydrogen-bond acceptors (Lipinski definition) is 2. The fraction of sp³-hybridized carbons (Fsp3) is 0.0625. The van der Waals surface area contributed by atoms with Gasteiger partial charge in [0.1, 0.15) is 0 Å². The van der Waals surface area contributed by atoms with Crippen molar-refractivity contribution in [3.8, 4) is 0 Å². The Kier molecular flexibility index (Phi) is 4.23. The van der Waals surface area contributed by atoms with E-state index < -0.39 is 0 Å². The van der Waals surface area contributed by atoms with Gasteiger partial charge in [-0.3, -0.25) is 0 Å². The number of nitrogens with zero attached hydrogens (tertiary/aromatic N) is 2. The molecular weight excluding hydrogens is 220 g/mol. The highest BCUT2D eigenvalue weighted by molar-refractivity contribution is 5.55. The zero-order chi connectivity index (χ0) is 12.6. The lowest BCUT2D eigenvalue weighted by Gasteiger charge is -1.90. The molecule has 2 aromatic rings. The Hall–Kier alpha value is -2.44. The van der Waals surface area contributed by atoms with Gasteiger partial charge in [-0.05, 0) is 30.7 Å². The Morgan fingerprint density at radius 3 is 2.39 bits per heavy atom. The molecule has 88 valence electrons. The van der Waals surface area contributed by atoms with Crippen molar-refractivity contribution in [2.75, 3.05) is 0 Å². The molecule has 2 rings (SSSR count). The summed E-state index contributed by atoms with van der Waals surface area (Å²) in [5, 5.41) is 0. The average Bonchev–Trinajstić information content (AvgIpc) is 2.42. The fourth-order valence-electron chi connectivity index (χ4n) is 1.43. The topological polar surface area (TPSA) is 24.7 Å². The van der Waals surface area contributed by atoms with Crippen molar-refractivity contribution in [3.05, 3.63) is 71.9 Å². The largest absolute Gasteiger partial charge is 0.195 e. The molecule has 0 bridgehead atoms. The molecule has 0 spiro atoms. The molecule has 0 saturated heterocycles. The molecule has 0 aliphatic heterocycles. The zero-order valence-electron chi connectivity index (χ0n) is 10.2. The Morgan fingerprint density at radius 1 is 0.944 bits per heavy atom. The van der Waals surface area contributed by atoms with E-state index in [-0.39, 0.29) is 0 Å².